The van der Waals surface area contributed by atoms with Crippen LogP contribution in [-0.4, -0.2) is 84.4 Å². The van der Waals surface area contributed by atoms with Gasteiger partial charge in [-0.1, -0.05) is 12.8 Å². The molecule has 0 radical (unpaired) electrons. The number of carbonyl (C=O) groups is 2. The van der Waals surface area contributed by atoms with Crippen LogP contribution in [0.1, 0.15) is 44.9 Å². The first kappa shape index (κ1) is 22.7. The largest absolute Gasteiger partial charge is 0.342 e. The Bertz CT molecular complexity index is 494. The highest BCUT2D eigenvalue weighted by Gasteiger charge is 2.40. The second-order valence-electron chi connectivity index (χ2n) is 8.30. The molecule has 3 unspecified atom stereocenters. The number of fused-ring (bicyclic) bond motifs is 1. The lowest BCUT2D eigenvalue weighted by molar-refractivity contribution is -0.136. The van der Waals surface area contributed by atoms with Gasteiger partial charge in [-0.25, -0.2) is 0 Å². The van der Waals surface area contributed by atoms with Gasteiger partial charge in [0.05, 0.1) is 12.6 Å². The zero-order valence-electron chi connectivity index (χ0n) is 16.1. The number of nitrogens with zero attached hydrogens (tertiary/aromatic N) is 3. The van der Waals surface area contributed by atoms with E-state index in [9.17, 15) is 9.59 Å². The predicted octanol–water partition coefficient (Wildman–Crippen LogP) is 1.52. The first-order chi connectivity index (χ1) is 12.2. The van der Waals surface area contributed by atoms with E-state index >= 15 is 0 Å². The molecule has 0 aromatic carbocycles. The van der Waals surface area contributed by atoms with Crippen LogP contribution in [0.5, 0.6) is 0 Å². The number of likely N-dealkylation sites (tertiary alicyclic amines) is 1. The van der Waals surface area contributed by atoms with Gasteiger partial charge in [0, 0.05) is 45.3 Å². The van der Waals surface area contributed by atoms with E-state index in [1.807, 2.05) is 9.80 Å². The molecular weight excluding hydrogens is 387 g/mol. The Labute approximate surface area is 175 Å². The zero-order chi connectivity index (χ0) is 17.2. The molecular formula is C19H34Cl2N4O2. The highest BCUT2D eigenvalue weighted by Crippen LogP contribution is 2.33. The third kappa shape index (κ3) is 5.28. The summed E-state index contributed by atoms with van der Waals surface area (Å²) in [5.41, 5.74) is 0. The Kier molecular flexibility index (Phi) is 8.66. The summed E-state index contributed by atoms with van der Waals surface area (Å²) in [6.45, 7) is 5.54. The minimum absolute atomic E-state index is 0. The van der Waals surface area contributed by atoms with Crippen LogP contribution in [0.4, 0.5) is 0 Å². The number of nitrogens with one attached hydrogen (secondary N) is 1. The second kappa shape index (κ2) is 10.3. The third-order valence-electron chi connectivity index (χ3n) is 6.66. The van der Waals surface area contributed by atoms with Crippen molar-refractivity contribution < 1.29 is 9.59 Å². The van der Waals surface area contributed by atoms with Crippen molar-refractivity contribution in [3.63, 3.8) is 0 Å². The van der Waals surface area contributed by atoms with Crippen LogP contribution in [0, 0.1) is 5.92 Å². The van der Waals surface area contributed by atoms with Crippen molar-refractivity contribution in [1.29, 1.82) is 0 Å². The number of carbonyl (C=O) groups excluding carboxylic acids is 2. The highest BCUT2D eigenvalue weighted by atomic mass is 35.5. The molecule has 0 spiro atoms. The fourth-order valence-electron chi connectivity index (χ4n) is 5.12. The fourth-order valence-corrected chi connectivity index (χ4v) is 5.12. The van der Waals surface area contributed by atoms with Gasteiger partial charge in [0.15, 0.2) is 0 Å². The van der Waals surface area contributed by atoms with Crippen LogP contribution in [0.25, 0.3) is 0 Å². The van der Waals surface area contributed by atoms with Crippen molar-refractivity contribution >= 4 is 36.6 Å². The highest BCUT2D eigenvalue weighted by molar-refractivity contribution is 5.85. The van der Waals surface area contributed by atoms with Crippen LogP contribution in [-0.2, 0) is 9.59 Å². The Hall–Kier alpha value is -0.560. The van der Waals surface area contributed by atoms with Gasteiger partial charge in [-0.05, 0) is 38.0 Å². The van der Waals surface area contributed by atoms with Gasteiger partial charge < -0.3 is 15.1 Å². The number of hydrogen-bond acceptors (Lipinski definition) is 4. The SMILES string of the molecule is Cl.Cl.O=C(CN1CCN(C(=O)C2CC3CCCCC3N2)CC1)N1CCCC1. The molecule has 3 heterocycles. The topological polar surface area (TPSA) is 55.9 Å². The average Bonchev–Trinajstić information content (AvgIpc) is 3.31. The zero-order valence-corrected chi connectivity index (χ0v) is 17.7. The van der Waals surface area contributed by atoms with E-state index in [0.717, 1.165) is 58.5 Å². The molecule has 0 aromatic rings. The van der Waals surface area contributed by atoms with E-state index in [0.29, 0.717) is 24.4 Å². The lowest BCUT2D eigenvalue weighted by atomic mass is 9.85. The average molecular weight is 421 g/mol. The van der Waals surface area contributed by atoms with Crippen molar-refractivity contribution in [1.82, 2.24) is 20.0 Å². The monoisotopic (exact) mass is 420 g/mol. The smallest absolute Gasteiger partial charge is 0.239 e. The summed E-state index contributed by atoms with van der Waals surface area (Å²) in [5, 5.41) is 3.60. The molecule has 1 aliphatic carbocycles. The minimum atomic E-state index is 0. The number of piperazine rings is 1. The summed E-state index contributed by atoms with van der Waals surface area (Å²) >= 11 is 0. The van der Waals surface area contributed by atoms with Crippen LogP contribution in [0.15, 0.2) is 0 Å². The molecule has 6 nitrogen and oxygen atoms in total. The van der Waals surface area contributed by atoms with Crippen molar-refractivity contribution in [2.45, 2.75) is 57.0 Å². The molecule has 4 aliphatic rings. The number of amides is 2. The number of hydrogen-bond donors (Lipinski definition) is 1. The summed E-state index contributed by atoms with van der Waals surface area (Å²) in [7, 11) is 0. The molecule has 3 atom stereocenters. The maximum atomic E-state index is 12.9. The van der Waals surface area contributed by atoms with E-state index in [4.69, 9.17) is 0 Å². The van der Waals surface area contributed by atoms with Crippen LogP contribution in [0.3, 0.4) is 0 Å². The van der Waals surface area contributed by atoms with Crippen molar-refractivity contribution in [2.75, 3.05) is 45.8 Å². The van der Waals surface area contributed by atoms with Crippen LogP contribution in [0.2, 0.25) is 0 Å². The lowest BCUT2D eigenvalue weighted by Gasteiger charge is -2.36. The molecule has 8 heteroatoms. The van der Waals surface area contributed by atoms with Gasteiger partial charge in [-0.3, -0.25) is 14.5 Å². The van der Waals surface area contributed by atoms with Gasteiger partial charge in [0.1, 0.15) is 0 Å². The van der Waals surface area contributed by atoms with Gasteiger partial charge in [0.2, 0.25) is 11.8 Å². The van der Waals surface area contributed by atoms with E-state index in [1.165, 1.54) is 25.7 Å². The summed E-state index contributed by atoms with van der Waals surface area (Å²) in [4.78, 5) is 31.3. The van der Waals surface area contributed by atoms with Crippen molar-refractivity contribution in [3.8, 4) is 0 Å². The fraction of sp³-hybridized carbons (Fsp3) is 0.895. The van der Waals surface area contributed by atoms with Crippen molar-refractivity contribution in [3.05, 3.63) is 0 Å². The van der Waals surface area contributed by atoms with E-state index in [2.05, 4.69) is 10.2 Å². The Morgan fingerprint density at radius 2 is 1.48 bits per heavy atom. The molecule has 3 saturated heterocycles. The Morgan fingerprint density at radius 3 is 2.15 bits per heavy atom. The third-order valence-corrected chi connectivity index (χ3v) is 6.66. The van der Waals surface area contributed by atoms with E-state index in [-0.39, 0.29) is 36.8 Å². The Morgan fingerprint density at radius 1 is 0.815 bits per heavy atom. The van der Waals surface area contributed by atoms with Gasteiger partial charge >= 0.3 is 0 Å². The molecule has 27 heavy (non-hydrogen) atoms. The molecule has 0 aromatic heterocycles. The molecule has 3 aliphatic heterocycles. The second-order valence-corrected chi connectivity index (χ2v) is 8.30. The number of rotatable bonds is 3. The first-order valence-corrected chi connectivity index (χ1v) is 10.3. The molecule has 1 saturated carbocycles. The minimum Gasteiger partial charge on any atom is -0.342 e. The molecule has 2 amide bonds. The quantitative estimate of drug-likeness (QED) is 0.751. The summed E-state index contributed by atoms with van der Waals surface area (Å²) in [6.07, 6.45) is 8.47. The van der Waals surface area contributed by atoms with Gasteiger partial charge in [-0.15, -0.1) is 24.8 Å². The standard InChI is InChI=1S/C19H32N4O2.2ClH/c24-18(22-7-3-4-8-22)14-21-9-11-23(12-10-21)19(25)17-13-15-5-1-2-6-16(15)20-17;;/h15-17,20H,1-14H2;2*1H. The van der Waals surface area contributed by atoms with Crippen molar-refractivity contribution in [2.24, 2.45) is 5.92 Å². The molecule has 156 valence electrons. The number of halogens is 2. The van der Waals surface area contributed by atoms with Crippen LogP contribution < -0.4 is 5.32 Å². The lowest BCUT2D eigenvalue weighted by Crippen LogP contribution is -2.54. The summed E-state index contributed by atoms with van der Waals surface area (Å²) in [5.74, 6) is 1.26. The maximum absolute atomic E-state index is 12.9. The molecule has 1 N–H and O–H groups in total. The van der Waals surface area contributed by atoms with E-state index < -0.39 is 0 Å². The van der Waals surface area contributed by atoms with Gasteiger partial charge in [0.25, 0.3) is 0 Å². The first-order valence-electron chi connectivity index (χ1n) is 10.3. The Balaban J connectivity index is 0.00000131. The summed E-state index contributed by atoms with van der Waals surface area (Å²) < 4.78 is 0. The van der Waals surface area contributed by atoms with Gasteiger partial charge in [-0.2, -0.15) is 0 Å². The van der Waals surface area contributed by atoms with Crippen LogP contribution >= 0.6 is 24.8 Å². The molecule has 4 fully saturated rings. The predicted molar refractivity (Wildman–Crippen MR) is 111 cm³/mol. The maximum Gasteiger partial charge on any atom is 0.239 e. The summed E-state index contributed by atoms with van der Waals surface area (Å²) in [6, 6.07) is 0.605. The molecule has 4 rings (SSSR count). The normalized spacial score (nSPS) is 31.0. The van der Waals surface area contributed by atoms with E-state index in [1.54, 1.807) is 0 Å². The molecule has 0 bridgehead atoms.